The zero-order chi connectivity index (χ0) is 23.7. The molecule has 1 fully saturated rings. The highest BCUT2D eigenvalue weighted by molar-refractivity contribution is 6.33. The number of amides is 1. The Hall–Kier alpha value is -4.12. The van der Waals surface area contributed by atoms with Gasteiger partial charge in [-0.3, -0.25) is 14.9 Å². The number of hydrogen-bond acceptors (Lipinski definition) is 8. The number of aromatic nitrogens is 5. The fraction of sp³-hybridized carbons (Fsp3) is 0.227. The van der Waals surface area contributed by atoms with Crippen molar-refractivity contribution in [3.8, 4) is 0 Å². The molecule has 0 atom stereocenters. The number of carbonyl (C=O) groups excluding carboxylic acids is 1. The van der Waals surface area contributed by atoms with Crippen LogP contribution >= 0.6 is 11.6 Å². The first kappa shape index (κ1) is 21.7. The second-order valence-electron chi connectivity index (χ2n) is 7.80. The van der Waals surface area contributed by atoms with Crippen molar-refractivity contribution in [2.24, 2.45) is 0 Å². The third-order valence-corrected chi connectivity index (χ3v) is 6.04. The van der Waals surface area contributed by atoms with Crippen molar-refractivity contribution in [2.45, 2.75) is 6.54 Å². The average Bonchev–Trinajstić information content (AvgIpc) is 3.27. The number of piperazine rings is 1. The van der Waals surface area contributed by atoms with Crippen LogP contribution in [0.3, 0.4) is 0 Å². The van der Waals surface area contributed by atoms with Gasteiger partial charge in [-0.05, 0) is 11.6 Å². The summed E-state index contributed by atoms with van der Waals surface area (Å²) in [6, 6.07) is 13.8. The lowest BCUT2D eigenvalue weighted by molar-refractivity contribution is -0.384. The van der Waals surface area contributed by atoms with E-state index in [1.54, 1.807) is 9.58 Å². The molecular formula is C22H19ClN8O3. The van der Waals surface area contributed by atoms with Gasteiger partial charge in [0.05, 0.1) is 22.1 Å². The zero-order valence-corrected chi connectivity index (χ0v) is 18.7. The van der Waals surface area contributed by atoms with E-state index in [-0.39, 0.29) is 22.2 Å². The quantitative estimate of drug-likeness (QED) is 0.317. The summed E-state index contributed by atoms with van der Waals surface area (Å²) in [4.78, 5) is 36.0. The molecule has 0 aliphatic carbocycles. The van der Waals surface area contributed by atoms with Crippen molar-refractivity contribution in [1.82, 2.24) is 29.9 Å². The molecule has 0 bridgehead atoms. The van der Waals surface area contributed by atoms with Crippen LogP contribution in [0, 0.1) is 10.1 Å². The second-order valence-corrected chi connectivity index (χ2v) is 8.21. The van der Waals surface area contributed by atoms with E-state index in [0.717, 1.165) is 5.56 Å². The normalized spacial score (nSPS) is 13.9. The monoisotopic (exact) mass is 478 g/mol. The second kappa shape index (κ2) is 9.02. The minimum Gasteiger partial charge on any atom is -0.351 e. The minimum atomic E-state index is -0.545. The number of rotatable bonds is 5. The Morgan fingerprint density at radius 1 is 1.06 bits per heavy atom. The molecule has 172 valence electrons. The highest BCUT2D eigenvalue weighted by Gasteiger charge is 2.27. The van der Waals surface area contributed by atoms with Gasteiger partial charge in [0, 0.05) is 38.3 Å². The highest BCUT2D eigenvalue weighted by atomic mass is 35.5. The number of nitro groups is 1. The molecule has 1 amide bonds. The summed E-state index contributed by atoms with van der Waals surface area (Å²) in [5, 5.41) is 19.8. The molecule has 0 N–H and O–H groups in total. The molecule has 1 aliphatic heterocycles. The standard InChI is InChI=1S/C22H19ClN8O3/c23-18-7-6-16(31(33)34)12-17(18)22(32)29-10-8-28(9-11-29)20-19-21(25-14-24-20)30(27-26-19)13-15-4-2-1-3-5-15/h1-7,12,14H,8-11,13H2. The summed E-state index contributed by atoms with van der Waals surface area (Å²) in [6.07, 6.45) is 1.49. The van der Waals surface area contributed by atoms with E-state index in [0.29, 0.717) is 49.7 Å². The largest absolute Gasteiger partial charge is 0.351 e. The first-order valence-electron chi connectivity index (χ1n) is 10.6. The average molecular weight is 479 g/mol. The molecule has 11 nitrogen and oxygen atoms in total. The number of hydrogen-bond donors (Lipinski definition) is 0. The minimum absolute atomic E-state index is 0.123. The van der Waals surface area contributed by atoms with E-state index in [9.17, 15) is 14.9 Å². The molecule has 5 rings (SSSR count). The maximum Gasteiger partial charge on any atom is 0.270 e. The van der Waals surface area contributed by atoms with Crippen molar-refractivity contribution < 1.29 is 9.72 Å². The van der Waals surface area contributed by atoms with Gasteiger partial charge >= 0.3 is 0 Å². The summed E-state index contributed by atoms with van der Waals surface area (Å²) in [5.41, 5.74) is 2.27. The first-order chi connectivity index (χ1) is 16.5. The fourth-order valence-electron chi connectivity index (χ4n) is 3.96. The van der Waals surface area contributed by atoms with Crippen LogP contribution in [-0.2, 0) is 6.54 Å². The van der Waals surface area contributed by atoms with Gasteiger partial charge in [0.2, 0.25) is 0 Å². The Balaban J connectivity index is 1.32. The van der Waals surface area contributed by atoms with Gasteiger partial charge in [-0.1, -0.05) is 47.1 Å². The fourth-order valence-corrected chi connectivity index (χ4v) is 4.15. The van der Waals surface area contributed by atoms with Gasteiger partial charge in [-0.15, -0.1) is 5.10 Å². The Bertz CT molecular complexity index is 1370. The Morgan fingerprint density at radius 2 is 1.82 bits per heavy atom. The third-order valence-electron chi connectivity index (χ3n) is 5.71. The van der Waals surface area contributed by atoms with Gasteiger partial charge in [0.1, 0.15) is 6.33 Å². The molecule has 2 aromatic carbocycles. The van der Waals surface area contributed by atoms with Crippen molar-refractivity contribution in [3.05, 3.63) is 81.1 Å². The van der Waals surface area contributed by atoms with Crippen LogP contribution in [0.4, 0.5) is 11.5 Å². The van der Waals surface area contributed by atoms with Crippen LogP contribution in [0.1, 0.15) is 15.9 Å². The molecule has 0 radical (unpaired) electrons. The van der Waals surface area contributed by atoms with E-state index in [1.165, 1.54) is 24.5 Å². The topological polar surface area (TPSA) is 123 Å². The molecule has 34 heavy (non-hydrogen) atoms. The van der Waals surface area contributed by atoms with Crippen LogP contribution in [-0.4, -0.2) is 66.9 Å². The molecule has 3 heterocycles. The van der Waals surface area contributed by atoms with E-state index in [2.05, 4.69) is 20.3 Å². The smallest absolute Gasteiger partial charge is 0.270 e. The highest BCUT2D eigenvalue weighted by Crippen LogP contribution is 2.26. The maximum atomic E-state index is 13.0. The van der Waals surface area contributed by atoms with Crippen LogP contribution in [0.15, 0.2) is 54.9 Å². The van der Waals surface area contributed by atoms with Gasteiger partial charge in [0.25, 0.3) is 11.6 Å². The van der Waals surface area contributed by atoms with Crippen molar-refractivity contribution in [1.29, 1.82) is 0 Å². The number of halogens is 1. The maximum absolute atomic E-state index is 13.0. The Kier molecular flexibility index (Phi) is 5.76. The summed E-state index contributed by atoms with van der Waals surface area (Å²) < 4.78 is 1.74. The number of nitro benzene ring substituents is 1. The molecule has 0 unspecified atom stereocenters. The molecule has 1 aliphatic rings. The molecule has 0 saturated carbocycles. The Morgan fingerprint density at radius 3 is 2.56 bits per heavy atom. The van der Waals surface area contributed by atoms with E-state index in [1.807, 2.05) is 35.2 Å². The lowest BCUT2D eigenvalue weighted by atomic mass is 10.1. The summed E-state index contributed by atoms with van der Waals surface area (Å²) in [6.45, 7) is 2.37. The number of fused-ring (bicyclic) bond motifs is 1. The van der Waals surface area contributed by atoms with Crippen LogP contribution < -0.4 is 4.90 Å². The number of benzene rings is 2. The lowest BCUT2D eigenvalue weighted by Crippen LogP contribution is -2.49. The third kappa shape index (κ3) is 4.13. The van der Waals surface area contributed by atoms with Gasteiger partial charge in [-0.25, -0.2) is 14.6 Å². The molecule has 1 saturated heterocycles. The predicted molar refractivity (Wildman–Crippen MR) is 125 cm³/mol. The van der Waals surface area contributed by atoms with Crippen molar-refractivity contribution in [2.75, 3.05) is 31.1 Å². The molecular weight excluding hydrogens is 460 g/mol. The van der Waals surface area contributed by atoms with E-state index >= 15 is 0 Å². The summed E-state index contributed by atoms with van der Waals surface area (Å²) >= 11 is 6.15. The Labute approximate surface area is 198 Å². The van der Waals surface area contributed by atoms with Gasteiger partial charge < -0.3 is 9.80 Å². The number of carbonyl (C=O) groups is 1. The molecule has 2 aromatic heterocycles. The SMILES string of the molecule is O=C(c1cc([N+](=O)[O-])ccc1Cl)N1CCN(c2ncnc3c2nnn3Cc2ccccc2)CC1. The zero-order valence-electron chi connectivity index (χ0n) is 17.9. The first-order valence-corrected chi connectivity index (χ1v) is 11.0. The van der Waals surface area contributed by atoms with Crippen LogP contribution in [0.2, 0.25) is 5.02 Å². The lowest BCUT2D eigenvalue weighted by Gasteiger charge is -2.35. The summed E-state index contributed by atoms with van der Waals surface area (Å²) in [7, 11) is 0. The van der Waals surface area contributed by atoms with E-state index < -0.39 is 4.92 Å². The van der Waals surface area contributed by atoms with Crippen LogP contribution in [0.5, 0.6) is 0 Å². The molecule has 4 aromatic rings. The van der Waals surface area contributed by atoms with Gasteiger partial charge in [-0.2, -0.15) is 0 Å². The van der Waals surface area contributed by atoms with Crippen molar-refractivity contribution >= 4 is 40.2 Å². The van der Waals surface area contributed by atoms with Crippen LogP contribution in [0.25, 0.3) is 11.2 Å². The molecule has 12 heteroatoms. The van der Waals surface area contributed by atoms with E-state index in [4.69, 9.17) is 11.6 Å². The summed E-state index contributed by atoms with van der Waals surface area (Å²) in [5.74, 6) is 0.319. The molecule has 0 spiro atoms. The number of anilines is 1. The van der Waals surface area contributed by atoms with Crippen molar-refractivity contribution in [3.63, 3.8) is 0 Å². The predicted octanol–water partition coefficient (Wildman–Crippen LogP) is 2.79. The number of nitrogens with zero attached hydrogens (tertiary/aromatic N) is 8. The number of non-ortho nitro benzene ring substituents is 1. The van der Waals surface area contributed by atoms with Gasteiger partial charge in [0.15, 0.2) is 17.0 Å².